The average Bonchev–Trinajstić information content (AvgIpc) is 3.29. The van der Waals surface area contributed by atoms with Crippen LogP contribution >= 0.6 is 0 Å². The van der Waals surface area contributed by atoms with Crippen LogP contribution < -0.4 is 4.90 Å². The summed E-state index contributed by atoms with van der Waals surface area (Å²) >= 11 is 0. The standard InChI is InChI=1S/C46H41N/c1-45-29-14-3-4-15-30-46(45,2)47(34-19-6-5-7-20-34)42-28-27-33(31-41(42)45)43-37-22-10-12-24-39(37)44(40-25-13-11-23-38(40)43)36-26-16-18-32-17-8-9-21-35(32)36/h5-13,16-28,31H,3-4,14-15,29-30H2,1-2H3. The van der Waals surface area contributed by atoms with Gasteiger partial charge in [0.1, 0.15) is 0 Å². The number of para-hydroxylation sites is 1. The van der Waals surface area contributed by atoms with Gasteiger partial charge in [-0.2, -0.15) is 0 Å². The molecule has 0 amide bonds. The van der Waals surface area contributed by atoms with Crippen LogP contribution in [0.1, 0.15) is 57.9 Å². The maximum atomic E-state index is 2.71. The van der Waals surface area contributed by atoms with Gasteiger partial charge in [0.25, 0.3) is 0 Å². The van der Waals surface area contributed by atoms with E-state index in [0.717, 1.165) is 0 Å². The molecule has 0 bridgehead atoms. The Morgan fingerprint density at radius 3 is 1.77 bits per heavy atom. The molecule has 1 heterocycles. The van der Waals surface area contributed by atoms with E-state index in [9.17, 15) is 0 Å². The third kappa shape index (κ3) is 4.15. The van der Waals surface area contributed by atoms with Crippen molar-refractivity contribution in [2.75, 3.05) is 4.90 Å². The number of anilines is 2. The second-order valence-electron chi connectivity index (χ2n) is 14.3. The Morgan fingerprint density at radius 1 is 0.489 bits per heavy atom. The van der Waals surface area contributed by atoms with Crippen molar-refractivity contribution in [3.05, 3.63) is 145 Å². The molecule has 1 nitrogen and oxygen atoms in total. The van der Waals surface area contributed by atoms with Gasteiger partial charge in [0.05, 0.1) is 5.54 Å². The van der Waals surface area contributed by atoms with E-state index in [4.69, 9.17) is 0 Å². The van der Waals surface area contributed by atoms with E-state index < -0.39 is 0 Å². The fourth-order valence-corrected chi connectivity index (χ4v) is 9.40. The second kappa shape index (κ2) is 10.8. The highest BCUT2D eigenvalue weighted by Crippen LogP contribution is 2.60. The predicted octanol–water partition coefficient (Wildman–Crippen LogP) is 13.0. The molecule has 2 unspecified atom stereocenters. The molecule has 2 aliphatic rings. The number of hydrogen-bond acceptors (Lipinski definition) is 1. The molecule has 0 aromatic heterocycles. The molecule has 0 saturated heterocycles. The summed E-state index contributed by atoms with van der Waals surface area (Å²) in [5.41, 5.74) is 9.55. The molecule has 7 aromatic carbocycles. The predicted molar refractivity (Wildman–Crippen MR) is 202 cm³/mol. The summed E-state index contributed by atoms with van der Waals surface area (Å²) in [4.78, 5) is 2.71. The molecule has 1 saturated carbocycles. The highest BCUT2D eigenvalue weighted by Gasteiger charge is 2.56. The van der Waals surface area contributed by atoms with Crippen LogP contribution in [0.25, 0.3) is 54.6 Å². The van der Waals surface area contributed by atoms with Crippen molar-refractivity contribution in [1.82, 2.24) is 0 Å². The number of fused-ring (bicyclic) bond motifs is 6. The largest absolute Gasteiger partial charge is 0.334 e. The molecule has 1 aliphatic heterocycles. The summed E-state index contributed by atoms with van der Waals surface area (Å²) in [7, 11) is 0. The summed E-state index contributed by atoms with van der Waals surface area (Å²) in [6, 6.07) is 52.3. The zero-order valence-corrected chi connectivity index (χ0v) is 27.5. The molecule has 0 radical (unpaired) electrons. The van der Waals surface area contributed by atoms with Gasteiger partial charge in [-0.15, -0.1) is 0 Å². The topological polar surface area (TPSA) is 3.24 Å². The molecule has 1 fully saturated rings. The molecule has 2 atom stereocenters. The Balaban J connectivity index is 1.33. The SMILES string of the molecule is CC12CCCCCCC1(C)N(c1ccccc1)c1ccc(-c3c4ccccc4c(-c4cccc5ccccc45)c4ccccc34)cc12. The van der Waals surface area contributed by atoms with E-state index >= 15 is 0 Å². The lowest BCUT2D eigenvalue weighted by molar-refractivity contribution is 0.218. The molecule has 9 rings (SSSR count). The van der Waals surface area contributed by atoms with Crippen molar-refractivity contribution in [2.24, 2.45) is 0 Å². The summed E-state index contributed by atoms with van der Waals surface area (Å²) < 4.78 is 0. The zero-order valence-electron chi connectivity index (χ0n) is 27.5. The van der Waals surface area contributed by atoms with Crippen LogP contribution in [0.4, 0.5) is 11.4 Å². The minimum Gasteiger partial charge on any atom is -0.334 e. The Kier molecular flexibility index (Phi) is 6.54. The second-order valence-corrected chi connectivity index (χ2v) is 14.3. The van der Waals surface area contributed by atoms with E-state index in [1.54, 1.807) is 0 Å². The Morgan fingerprint density at radius 2 is 1.06 bits per heavy atom. The Bertz CT molecular complexity index is 2240. The van der Waals surface area contributed by atoms with Gasteiger partial charge < -0.3 is 4.90 Å². The zero-order chi connectivity index (χ0) is 31.6. The maximum Gasteiger partial charge on any atom is 0.0517 e. The minimum absolute atomic E-state index is 0.0120. The summed E-state index contributed by atoms with van der Waals surface area (Å²) in [6.45, 7) is 5.12. The number of benzene rings is 7. The molecule has 230 valence electrons. The van der Waals surface area contributed by atoms with Crippen LogP contribution in [0, 0.1) is 0 Å². The Hall–Kier alpha value is -4.88. The van der Waals surface area contributed by atoms with Crippen molar-refractivity contribution >= 4 is 43.7 Å². The van der Waals surface area contributed by atoms with Crippen molar-refractivity contribution < 1.29 is 0 Å². The number of nitrogens with zero attached hydrogens (tertiary/aromatic N) is 1. The monoisotopic (exact) mass is 607 g/mol. The first kappa shape index (κ1) is 28.4. The van der Waals surface area contributed by atoms with E-state index in [2.05, 4.69) is 158 Å². The highest BCUT2D eigenvalue weighted by atomic mass is 15.2. The van der Waals surface area contributed by atoms with Crippen LogP contribution in [0.2, 0.25) is 0 Å². The molecular formula is C46H41N. The molecule has 1 aliphatic carbocycles. The highest BCUT2D eigenvalue weighted by molar-refractivity contribution is 6.23. The number of hydrogen-bond donors (Lipinski definition) is 0. The lowest BCUT2D eigenvalue weighted by Crippen LogP contribution is -2.53. The van der Waals surface area contributed by atoms with Crippen LogP contribution in [0.15, 0.2) is 140 Å². The molecule has 1 heteroatoms. The van der Waals surface area contributed by atoms with E-state index in [-0.39, 0.29) is 11.0 Å². The van der Waals surface area contributed by atoms with E-state index in [0.29, 0.717) is 0 Å². The first-order valence-corrected chi connectivity index (χ1v) is 17.5. The van der Waals surface area contributed by atoms with E-state index in [1.807, 2.05) is 0 Å². The van der Waals surface area contributed by atoms with Crippen molar-refractivity contribution in [2.45, 2.75) is 63.3 Å². The van der Waals surface area contributed by atoms with Gasteiger partial charge in [-0.1, -0.05) is 148 Å². The molecule has 0 spiro atoms. The normalized spacial score (nSPS) is 21.0. The average molecular weight is 608 g/mol. The van der Waals surface area contributed by atoms with Crippen LogP contribution in [-0.2, 0) is 5.41 Å². The van der Waals surface area contributed by atoms with Gasteiger partial charge in [0.2, 0.25) is 0 Å². The van der Waals surface area contributed by atoms with Crippen molar-refractivity contribution in [3.63, 3.8) is 0 Å². The smallest absolute Gasteiger partial charge is 0.0517 e. The summed E-state index contributed by atoms with van der Waals surface area (Å²) in [5.74, 6) is 0. The van der Waals surface area contributed by atoms with Gasteiger partial charge in [0, 0.05) is 16.8 Å². The van der Waals surface area contributed by atoms with Crippen molar-refractivity contribution in [1.29, 1.82) is 0 Å². The van der Waals surface area contributed by atoms with Gasteiger partial charge in [-0.05, 0) is 104 Å². The Labute approximate surface area is 278 Å². The lowest BCUT2D eigenvalue weighted by atomic mass is 9.63. The van der Waals surface area contributed by atoms with Gasteiger partial charge >= 0.3 is 0 Å². The van der Waals surface area contributed by atoms with Crippen LogP contribution in [0.3, 0.4) is 0 Å². The summed E-state index contributed by atoms with van der Waals surface area (Å²) in [5, 5.41) is 7.83. The van der Waals surface area contributed by atoms with E-state index in [1.165, 1.54) is 110 Å². The van der Waals surface area contributed by atoms with Gasteiger partial charge in [-0.25, -0.2) is 0 Å². The van der Waals surface area contributed by atoms with Gasteiger partial charge in [-0.3, -0.25) is 0 Å². The third-order valence-electron chi connectivity index (χ3n) is 11.9. The summed E-state index contributed by atoms with van der Waals surface area (Å²) in [6.07, 6.45) is 7.64. The number of rotatable bonds is 3. The third-order valence-corrected chi connectivity index (χ3v) is 11.9. The fraction of sp³-hybridized carbons (Fsp3) is 0.217. The molecule has 7 aromatic rings. The molecule has 0 N–H and O–H groups in total. The molecular weight excluding hydrogens is 567 g/mol. The quantitative estimate of drug-likeness (QED) is 0.181. The lowest BCUT2D eigenvalue weighted by Gasteiger charge is -2.48. The first-order valence-electron chi connectivity index (χ1n) is 17.5. The van der Waals surface area contributed by atoms with Crippen molar-refractivity contribution in [3.8, 4) is 22.3 Å². The first-order chi connectivity index (χ1) is 23.1. The van der Waals surface area contributed by atoms with Crippen LogP contribution in [0.5, 0.6) is 0 Å². The molecule has 47 heavy (non-hydrogen) atoms. The van der Waals surface area contributed by atoms with Gasteiger partial charge in [0.15, 0.2) is 0 Å². The van der Waals surface area contributed by atoms with Crippen LogP contribution in [-0.4, -0.2) is 5.54 Å². The maximum absolute atomic E-state index is 2.71. The minimum atomic E-state index is 0.0120. The fourth-order valence-electron chi connectivity index (χ4n) is 9.40.